The second-order valence-electron chi connectivity index (χ2n) is 15.1. The minimum Gasteiger partial charge on any atom is -0.343 e. The van der Waals surface area contributed by atoms with E-state index in [2.05, 4.69) is 126 Å². The molecule has 0 N–H and O–H groups in total. The van der Waals surface area contributed by atoms with E-state index in [1.54, 1.807) is 17.0 Å². The number of rotatable bonds is 9. The molecule has 2 aliphatic carbocycles. The van der Waals surface area contributed by atoms with Gasteiger partial charge in [-0.05, 0) is 70.9 Å². The summed E-state index contributed by atoms with van der Waals surface area (Å²) in [4.78, 5) is 0. The van der Waals surface area contributed by atoms with Gasteiger partial charge in [-0.15, -0.1) is 11.8 Å². The monoisotopic (exact) mass is 712 g/mol. The van der Waals surface area contributed by atoms with Crippen molar-refractivity contribution in [3.05, 3.63) is 92.8 Å². The summed E-state index contributed by atoms with van der Waals surface area (Å²) in [5.41, 5.74) is 15.2. The standard InChI is InChI=1S/C36H49.C4H8Si.C4H9.Zr/c1-12-13-28(35-24(10)14-31-29(22(6)7)16-26(20(2)3)18-33(31)35)36-25(11)15-32-30(23(8)9)17-27(21(4)5)19-34(32)36;1-2-4-5-3-1;1-3-4-2;/h14-23,35-36H,12-13H2,1-11H3;1-4H2;1,3-4H2,2H3;/q-1;;-1;+2. The maximum Gasteiger partial charge on any atom is 2.00 e. The molecule has 46 heavy (non-hydrogen) atoms. The minimum absolute atomic E-state index is 0. The SMILES string of the molecule is C1CC[Si]C1.CCC[C-](C1C(C)=Cc2c(C(C)C)cc(C(C)C)cc21)C1C(C)=Cc2c(C(C)C)cc(C(C)C)cc21.[CH2-]CCC.[Zr+2]. The van der Waals surface area contributed by atoms with Gasteiger partial charge in [-0.25, -0.2) is 0 Å². The number of benzene rings is 2. The van der Waals surface area contributed by atoms with E-state index in [1.165, 1.54) is 98.2 Å². The third-order valence-corrected chi connectivity index (χ3v) is 11.4. The van der Waals surface area contributed by atoms with Gasteiger partial charge in [-0.3, -0.25) is 5.92 Å². The van der Waals surface area contributed by atoms with E-state index in [9.17, 15) is 0 Å². The predicted octanol–water partition coefficient (Wildman–Crippen LogP) is 14.2. The molecule has 2 aromatic carbocycles. The van der Waals surface area contributed by atoms with Crippen molar-refractivity contribution in [2.24, 2.45) is 0 Å². The number of hydrogen-bond acceptors (Lipinski definition) is 0. The van der Waals surface area contributed by atoms with Crippen molar-refractivity contribution < 1.29 is 26.2 Å². The van der Waals surface area contributed by atoms with E-state index in [1.807, 2.05) is 0 Å². The molecule has 1 heterocycles. The summed E-state index contributed by atoms with van der Waals surface area (Å²) < 4.78 is 0. The summed E-state index contributed by atoms with van der Waals surface area (Å²) >= 11 is 0. The third kappa shape index (κ3) is 9.80. The molecular formula is C44H66SiZr. The van der Waals surface area contributed by atoms with Crippen LogP contribution in [0.4, 0.5) is 0 Å². The Kier molecular flexibility index (Phi) is 17.3. The van der Waals surface area contributed by atoms with Crippen LogP contribution in [-0.4, -0.2) is 9.52 Å². The summed E-state index contributed by atoms with van der Waals surface area (Å²) in [7, 11) is 1.31. The maximum absolute atomic E-state index is 3.60. The van der Waals surface area contributed by atoms with E-state index >= 15 is 0 Å². The van der Waals surface area contributed by atoms with Gasteiger partial charge in [0, 0.05) is 9.52 Å². The van der Waals surface area contributed by atoms with Crippen LogP contribution in [0.25, 0.3) is 12.2 Å². The first-order valence-corrected chi connectivity index (χ1v) is 19.9. The largest absolute Gasteiger partial charge is 2.00 e. The van der Waals surface area contributed by atoms with Crippen LogP contribution in [0.2, 0.25) is 12.1 Å². The number of allylic oxidation sites excluding steroid dienone is 2. The molecule has 1 fully saturated rings. The molecule has 0 saturated carbocycles. The van der Waals surface area contributed by atoms with Gasteiger partial charge in [0.1, 0.15) is 0 Å². The Labute approximate surface area is 308 Å². The second-order valence-corrected chi connectivity index (χ2v) is 16.6. The fourth-order valence-corrected chi connectivity index (χ4v) is 8.59. The molecule has 1 aliphatic heterocycles. The summed E-state index contributed by atoms with van der Waals surface area (Å²) in [6.45, 7) is 31.6. The topological polar surface area (TPSA) is 0 Å². The minimum atomic E-state index is 0. The van der Waals surface area contributed by atoms with Crippen LogP contribution in [0, 0.1) is 12.8 Å². The first kappa shape index (κ1) is 41.2. The molecule has 0 nitrogen and oxygen atoms in total. The molecular weight excluding hydrogens is 648 g/mol. The van der Waals surface area contributed by atoms with Gasteiger partial charge in [-0.1, -0.05) is 166 Å². The van der Waals surface area contributed by atoms with Crippen LogP contribution in [0.5, 0.6) is 0 Å². The maximum atomic E-state index is 3.60. The van der Waals surface area contributed by atoms with Gasteiger partial charge in [0.2, 0.25) is 0 Å². The molecule has 0 spiro atoms. The summed E-state index contributed by atoms with van der Waals surface area (Å²) in [5, 5.41) is 0. The van der Waals surface area contributed by atoms with Crippen molar-refractivity contribution in [3.8, 4) is 0 Å². The van der Waals surface area contributed by atoms with Crippen molar-refractivity contribution in [2.45, 2.75) is 169 Å². The Morgan fingerprint density at radius 1 is 0.674 bits per heavy atom. The summed E-state index contributed by atoms with van der Waals surface area (Å²) in [6.07, 6.45) is 12.7. The van der Waals surface area contributed by atoms with Crippen molar-refractivity contribution >= 4 is 21.7 Å². The average Bonchev–Trinajstić information content (AvgIpc) is 3.74. The van der Waals surface area contributed by atoms with Gasteiger partial charge >= 0.3 is 26.2 Å². The van der Waals surface area contributed by atoms with Crippen LogP contribution in [0.3, 0.4) is 0 Å². The van der Waals surface area contributed by atoms with Gasteiger partial charge in [0.15, 0.2) is 0 Å². The van der Waals surface area contributed by atoms with Crippen molar-refractivity contribution in [1.29, 1.82) is 0 Å². The molecule has 2 radical (unpaired) electrons. The fourth-order valence-electron chi connectivity index (χ4n) is 7.34. The molecule has 2 unspecified atom stereocenters. The smallest absolute Gasteiger partial charge is 0.343 e. The summed E-state index contributed by atoms with van der Waals surface area (Å²) in [6, 6.07) is 13.1. The van der Waals surface area contributed by atoms with Crippen molar-refractivity contribution in [1.82, 2.24) is 0 Å². The molecule has 2 heteroatoms. The van der Waals surface area contributed by atoms with Crippen LogP contribution in [0.15, 0.2) is 35.4 Å². The molecule has 0 amide bonds. The van der Waals surface area contributed by atoms with Crippen LogP contribution in [-0.2, 0) is 26.2 Å². The fraction of sp³-hybridized carbons (Fsp3) is 0.591. The van der Waals surface area contributed by atoms with E-state index in [4.69, 9.17) is 0 Å². The van der Waals surface area contributed by atoms with Gasteiger partial charge in [0.05, 0.1) is 0 Å². The Hall–Kier alpha value is -0.980. The van der Waals surface area contributed by atoms with Gasteiger partial charge in [-0.2, -0.15) is 12.8 Å². The Morgan fingerprint density at radius 3 is 1.33 bits per heavy atom. The van der Waals surface area contributed by atoms with Crippen LogP contribution >= 0.6 is 0 Å². The average molecular weight is 714 g/mol. The van der Waals surface area contributed by atoms with E-state index in [0.29, 0.717) is 35.5 Å². The molecule has 5 rings (SSSR count). The van der Waals surface area contributed by atoms with Gasteiger partial charge < -0.3 is 6.92 Å². The Balaban J connectivity index is 0.000000641. The number of unbranched alkanes of at least 4 members (excludes halogenated alkanes) is 1. The van der Waals surface area contributed by atoms with Crippen LogP contribution in [0.1, 0.15) is 202 Å². The Morgan fingerprint density at radius 2 is 1.07 bits per heavy atom. The molecule has 250 valence electrons. The Bertz CT molecular complexity index is 1200. The van der Waals surface area contributed by atoms with Crippen molar-refractivity contribution in [2.75, 3.05) is 0 Å². The van der Waals surface area contributed by atoms with E-state index in [-0.39, 0.29) is 26.2 Å². The van der Waals surface area contributed by atoms with E-state index in [0.717, 1.165) is 6.42 Å². The molecule has 3 aliphatic rings. The van der Waals surface area contributed by atoms with Crippen molar-refractivity contribution in [3.63, 3.8) is 0 Å². The quantitative estimate of drug-likeness (QED) is 0.179. The second kappa shape index (κ2) is 19.3. The molecule has 2 atom stereocenters. The zero-order chi connectivity index (χ0) is 33.4. The predicted molar refractivity (Wildman–Crippen MR) is 205 cm³/mol. The third-order valence-electron chi connectivity index (χ3n) is 9.98. The van der Waals surface area contributed by atoms with Gasteiger partial charge in [0.25, 0.3) is 0 Å². The van der Waals surface area contributed by atoms with E-state index < -0.39 is 0 Å². The number of fused-ring (bicyclic) bond motifs is 2. The molecule has 0 bridgehead atoms. The molecule has 1 saturated heterocycles. The molecule has 2 aromatic rings. The number of hydrogen-bond donors (Lipinski definition) is 0. The first-order valence-electron chi connectivity index (χ1n) is 18.4. The zero-order valence-electron chi connectivity index (χ0n) is 31.8. The summed E-state index contributed by atoms with van der Waals surface area (Å²) in [5.74, 6) is 4.70. The first-order chi connectivity index (χ1) is 21.4. The van der Waals surface area contributed by atoms with Crippen LogP contribution < -0.4 is 0 Å². The normalized spacial score (nSPS) is 18.2. The zero-order valence-corrected chi connectivity index (χ0v) is 35.3. The molecule has 0 aromatic heterocycles.